The van der Waals surface area contributed by atoms with E-state index in [4.69, 9.17) is 23.2 Å². The van der Waals surface area contributed by atoms with Gasteiger partial charge in [0.1, 0.15) is 17.3 Å². The zero-order valence-corrected chi connectivity index (χ0v) is 12.3. The number of carbonyl (C=O) groups is 1. The van der Waals surface area contributed by atoms with Crippen molar-refractivity contribution in [3.05, 3.63) is 58.7 Å². The molecule has 0 aliphatic carbocycles. The van der Waals surface area contributed by atoms with Crippen molar-refractivity contribution in [2.75, 3.05) is 0 Å². The van der Waals surface area contributed by atoms with Crippen LogP contribution in [0.1, 0.15) is 10.4 Å². The first-order valence-electron chi connectivity index (χ1n) is 6.08. The summed E-state index contributed by atoms with van der Waals surface area (Å²) in [5.74, 6) is -1.20. The van der Waals surface area contributed by atoms with Crippen LogP contribution < -0.4 is 0 Å². The van der Waals surface area contributed by atoms with Gasteiger partial charge in [0.2, 0.25) is 0 Å². The smallest absolute Gasteiger partial charge is 0.255 e. The Labute approximate surface area is 133 Å². The highest BCUT2D eigenvalue weighted by molar-refractivity contribution is 6.67. The van der Waals surface area contributed by atoms with Gasteiger partial charge in [0, 0.05) is 11.6 Å². The van der Waals surface area contributed by atoms with Gasteiger partial charge in [-0.25, -0.2) is 18.7 Å². The summed E-state index contributed by atoms with van der Waals surface area (Å²) in [6.07, 6.45) is 0. The van der Waals surface area contributed by atoms with Crippen molar-refractivity contribution < 1.29 is 13.6 Å². The van der Waals surface area contributed by atoms with Gasteiger partial charge in [0.25, 0.3) is 5.24 Å². The fourth-order valence-electron chi connectivity index (χ4n) is 2.00. The summed E-state index contributed by atoms with van der Waals surface area (Å²) in [6, 6.07) is 7.75. The molecule has 2 aromatic carbocycles. The molecule has 0 atom stereocenters. The lowest BCUT2D eigenvalue weighted by Crippen LogP contribution is -1.98. The van der Waals surface area contributed by atoms with Crippen LogP contribution in [-0.2, 0) is 0 Å². The summed E-state index contributed by atoms with van der Waals surface area (Å²) < 4.78 is 26.7. The Kier molecular flexibility index (Phi) is 3.76. The van der Waals surface area contributed by atoms with Gasteiger partial charge in [-0.1, -0.05) is 11.6 Å². The minimum atomic E-state index is -0.931. The Morgan fingerprint density at radius 3 is 2.27 bits per heavy atom. The highest BCUT2D eigenvalue weighted by atomic mass is 35.5. The Balaban J connectivity index is 2.24. The summed E-state index contributed by atoms with van der Waals surface area (Å²) in [5.41, 5.74) is 0.998. The lowest BCUT2D eigenvalue weighted by Gasteiger charge is -2.07. The molecular formula is C15H6Cl2F2N2O. The number of rotatable bonds is 2. The maximum absolute atomic E-state index is 13.7. The molecule has 0 radical (unpaired) electrons. The predicted octanol–water partition coefficient (Wildman–Crippen LogP) is 4.61. The van der Waals surface area contributed by atoms with Crippen molar-refractivity contribution >= 4 is 39.5 Å². The third kappa shape index (κ3) is 2.65. The molecule has 0 aliphatic rings. The number of nitrogens with zero attached hydrogens (tertiary/aromatic N) is 2. The Morgan fingerprint density at radius 1 is 1.00 bits per heavy atom. The van der Waals surface area contributed by atoms with E-state index in [0.29, 0.717) is 11.3 Å². The molecule has 0 spiro atoms. The normalized spacial score (nSPS) is 10.9. The molecule has 3 aromatic rings. The van der Waals surface area contributed by atoms with Gasteiger partial charge in [-0.2, -0.15) is 0 Å². The van der Waals surface area contributed by atoms with Crippen LogP contribution in [0.15, 0.2) is 36.4 Å². The summed E-state index contributed by atoms with van der Waals surface area (Å²) in [6.45, 7) is 0. The minimum Gasteiger partial charge on any atom is -0.275 e. The van der Waals surface area contributed by atoms with Crippen molar-refractivity contribution in [2.24, 2.45) is 0 Å². The number of aromatic nitrogens is 2. The molecule has 1 aromatic heterocycles. The Hall–Kier alpha value is -2.11. The third-order valence-corrected chi connectivity index (χ3v) is 3.51. The third-order valence-electron chi connectivity index (χ3n) is 3.04. The lowest BCUT2D eigenvalue weighted by molar-refractivity contribution is 0.107. The number of benzene rings is 2. The van der Waals surface area contributed by atoms with Crippen LogP contribution in [0.5, 0.6) is 0 Å². The molecule has 3 rings (SSSR count). The second kappa shape index (κ2) is 5.59. The van der Waals surface area contributed by atoms with Crippen LogP contribution >= 0.6 is 23.2 Å². The maximum atomic E-state index is 13.7. The molecule has 0 unspecified atom stereocenters. The van der Waals surface area contributed by atoms with Crippen LogP contribution in [0.4, 0.5) is 8.78 Å². The molecular weight excluding hydrogens is 333 g/mol. The maximum Gasteiger partial charge on any atom is 0.255 e. The fraction of sp³-hybridized carbons (Fsp3) is 0. The first-order valence-corrected chi connectivity index (χ1v) is 6.84. The summed E-state index contributed by atoms with van der Waals surface area (Å²) >= 11 is 11.4. The molecule has 22 heavy (non-hydrogen) atoms. The number of halogens is 4. The van der Waals surface area contributed by atoms with Gasteiger partial charge < -0.3 is 0 Å². The van der Waals surface area contributed by atoms with Crippen molar-refractivity contribution in [3.8, 4) is 11.3 Å². The fourth-order valence-corrected chi connectivity index (χ4v) is 2.38. The van der Waals surface area contributed by atoms with E-state index in [-0.39, 0.29) is 21.7 Å². The van der Waals surface area contributed by atoms with Gasteiger partial charge in [-0.3, -0.25) is 4.79 Å². The lowest BCUT2D eigenvalue weighted by atomic mass is 10.1. The second-order valence-electron chi connectivity index (χ2n) is 4.46. The van der Waals surface area contributed by atoms with Gasteiger partial charge in [-0.15, -0.1) is 0 Å². The van der Waals surface area contributed by atoms with Crippen molar-refractivity contribution in [3.63, 3.8) is 0 Å². The van der Waals surface area contributed by atoms with Gasteiger partial charge in [0.05, 0.1) is 16.6 Å². The van der Waals surface area contributed by atoms with E-state index in [1.165, 1.54) is 30.3 Å². The van der Waals surface area contributed by atoms with Gasteiger partial charge in [-0.05, 0) is 41.9 Å². The highest BCUT2D eigenvalue weighted by Crippen LogP contribution is 2.28. The van der Waals surface area contributed by atoms with E-state index in [1.807, 2.05) is 0 Å². The van der Waals surface area contributed by atoms with Gasteiger partial charge in [0.15, 0.2) is 5.15 Å². The first-order chi connectivity index (χ1) is 10.5. The minimum absolute atomic E-state index is 0.0449. The molecule has 0 N–H and O–H groups in total. The predicted molar refractivity (Wildman–Crippen MR) is 80.1 cm³/mol. The summed E-state index contributed by atoms with van der Waals surface area (Å²) in [5, 5.41) is -0.886. The van der Waals surface area contributed by atoms with E-state index in [9.17, 15) is 13.6 Å². The summed E-state index contributed by atoms with van der Waals surface area (Å²) in [4.78, 5) is 19.5. The van der Waals surface area contributed by atoms with E-state index >= 15 is 0 Å². The number of carbonyl (C=O) groups excluding carboxylic acids is 1. The van der Waals surface area contributed by atoms with Crippen LogP contribution in [-0.4, -0.2) is 15.2 Å². The zero-order valence-electron chi connectivity index (χ0n) is 10.8. The standard InChI is InChI=1S/C15H6Cl2F2N2O/c16-14-13(7-1-3-8(18)4-2-7)20-11-5-9(15(17)22)10(19)6-12(11)21-14/h1-6H. The molecule has 0 aliphatic heterocycles. The monoisotopic (exact) mass is 338 g/mol. The number of fused-ring (bicyclic) bond motifs is 1. The molecule has 1 heterocycles. The molecule has 3 nitrogen and oxygen atoms in total. The Bertz CT molecular complexity index is 898. The Morgan fingerprint density at radius 2 is 1.64 bits per heavy atom. The van der Waals surface area contributed by atoms with Crippen LogP contribution in [0.25, 0.3) is 22.3 Å². The average Bonchev–Trinajstić information content (AvgIpc) is 2.47. The topological polar surface area (TPSA) is 42.9 Å². The molecule has 110 valence electrons. The molecule has 0 amide bonds. The molecule has 0 saturated heterocycles. The van der Waals surface area contributed by atoms with E-state index in [0.717, 1.165) is 6.07 Å². The van der Waals surface area contributed by atoms with E-state index in [2.05, 4.69) is 9.97 Å². The molecule has 0 bridgehead atoms. The van der Waals surface area contributed by atoms with E-state index < -0.39 is 16.9 Å². The largest absolute Gasteiger partial charge is 0.275 e. The van der Waals surface area contributed by atoms with Crippen molar-refractivity contribution in [1.29, 1.82) is 0 Å². The molecule has 7 heteroatoms. The zero-order chi connectivity index (χ0) is 15.9. The van der Waals surface area contributed by atoms with E-state index in [1.54, 1.807) is 0 Å². The van der Waals surface area contributed by atoms with Crippen molar-refractivity contribution in [1.82, 2.24) is 9.97 Å². The number of hydrogen-bond donors (Lipinski definition) is 0. The van der Waals surface area contributed by atoms with Crippen LogP contribution in [0, 0.1) is 11.6 Å². The summed E-state index contributed by atoms with van der Waals surface area (Å²) in [7, 11) is 0. The average molecular weight is 339 g/mol. The number of hydrogen-bond acceptors (Lipinski definition) is 3. The first kappa shape index (κ1) is 14.8. The molecule has 0 saturated carbocycles. The SMILES string of the molecule is O=C(Cl)c1cc2nc(-c3ccc(F)cc3)c(Cl)nc2cc1F. The highest BCUT2D eigenvalue weighted by Gasteiger charge is 2.15. The second-order valence-corrected chi connectivity index (χ2v) is 5.17. The van der Waals surface area contributed by atoms with Gasteiger partial charge >= 0.3 is 0 Å². The quantitative estimate of drug-likeness (QED) is 0.641. The van der Waals surface area contributed by atoms with Crippen molar-refractivity contribution in [2.45, 2.75) is 0 Å². The van der Waals surface area contributed by atoms with Crippen LogP contribution in [0.2, 0.25) is 5.15 Å². The van der Waals surface area contributed by atoms with Crippen LogP contribution in [0.3, 0.4) is 0 Å². The molecule has 0 fully saturated rings.